The van der Waals surface area contributed by atoms with Crippen LogP contribution in [0.25, 0.3) is 20.5 Å². The molecule has 0 aliphatic rings. The molecular formula is C46H38O6S2. The number of thiophene rings is 1. The molecular weight excluding hydrogens is 713 g/mol. The highest BCUT2D eigenvalue weighted by molar-refractivity contribution is 7.84. The fourth-order valence-electron chi connectivity index (χ4n) is 5.69. The molecule has 0 saturated heterocycles. The largest absolute Gasteiger partial charge is 0.508 e. The van der Waals surface area contributed by atoms with Crippen LogP contribution in [-0.2, 0) is 16.6 Å². The Bertz CT molecular complexity index is 2490. The maximum atomic E-state index is 13.3. The maximum absolute atomic E-state index is 13.3. The van der Waals surface area contributed by atoms with Gasteiger partial charge in [0.1, 0.15) is 23.0 Å². The van der Waals surface area contributed by atoms with E-state index in [0.717, 1.165) is 64.7 Å². The second-order valence-corrected chi connectivity index (χ2v) is 15.0. The van der Waals surface area contributed by atoms with Crippen LogP contribution in [0.3, 0.4) is 0 Å². The van der Waals surface area contributed by atoms with Gasteiger partial charge in [-0.15, -0.1) is 11.3 Å². The van der Waals surface area contributed by atoms with Gasteiger partial charge in [0.15, 0.2) is 5.78 Å². The van der Waals surface area contributed by atoms with Crippen LogP contribution in [0.1, 0.15) is 43.7 Å². The molecule has 6 aromatic carbocycles. The Morgan fingerprint density at radius 2 is 1.26 bits per heavy atom. The third-order valence-corrected chi connectivity index (χ3v) is 11.2. The van der Waals surface area contributed by atoms with Crippen LogP contribution in [0.15, 0.2) is 138 Å². The van der Waals surface area contributed by atoms with Crippen LogP contribution in [0, 0.1) is 25.7 Å². The third-order valence-electron chi connectivity index (χ3n) is 8.60. The van der Waals surface area contributed by atoms with Gasteiger partial charge in [0, 0.05) is 37.2 Å². The molecule has 0 radical (unpaired) electrons. The smallest absolute Gasteiger partial charge is 0.195 e. The summed E-state index contributed by atoms with van der Waals surface area (Å²) >= 11 is 1.62. The van der Waals surface area contributed by atoms with E-state index >= 15 is 0 Å². The average Bonchev–Trinajstić information content (AvgIpc) is 3.57. The highest BCUT2D eigenvalue weighted by Gasteiger charge is 2.22. The minimum Gasteiger partial charge on any atom is -0.508 e. The third kappa shape index (κ3) is 9.07. The number of rotatable bonds is 8. The summed E-state index contributed by atoms with van der Waals surface area (Å²) in [5.74, 6) is 8.47. The van der Waals surface area contributed by atoms with Crippen molar-refractivity contribution in [3.05, 3.63) is 172 Å². The van der Waals surface area contributed by atoms with Gasteiger partial charge in [0.25, 0.3) is 0 Å². The second-order valence-electron chi connectivity index (χ2n) is 12.5. The number of ketones is 1. The molecule has 1 aromatic heterocycles. The van der Waals surface area contributed by atoms with Crippen LogP contribution in [-0.4, -0.2) is 34.4 Å². The fourth-order valence-corrected chi connectivity index (χ4v) is 8.32. The van der Waals surface area contributed by atoms with E-state index in [1.165, 1.54) is 0 Å². The number of fused-ring (bicyclic) bond motifs is 1. The number of carbonyl (C=O) groups excluding carboxylic acids is 1. The topological polar surface area (TPSA) is 93.1 Å². The predicted molar refractivity (Wildman–Crippen MR) is 218 cm³/mol. The Balaban J connectivity index is 0.000000184. The molecule has 1 unspecified atom stereocenters. The first kappa shape index (κ1) is 37.6. The van der Waals surface area contributed by atoms with Gasteiger partial charge < -0.3 is 19.7 Å². The van der Waals surface area contributed by atoms with Crippen molar-refractivity contribution in [2.24, 2.45) is 0 Å². The molecule has 270 valence electrons. The van der Waals surface area contributed by atoms with Crippen molar-refractivity contribution in [2.75, 3.05) is 14.2 Å². The van der Waals surface area contributed by atoms with E-state index in [-0.39, 0.29) is 17.3 Å². The number of carbonyl (C=O) groups is 1. The van der Waals surface area contributed by atoms with Crippen molar-refractivity contribution in [3.63, 3.8) is 0 Å². The molecule has 54 heavy (non-hydrogen) atoms. The Labute approximate surface area is 321 Å². The number of phenols is 2. The fraction of sp³-hybridized carbons (Fsp3) is 0.109. The van der Waals surface area contributed by atoms with E-state index in [1.54, 1.807) is 74.1 Å². The Morgan fingerprint density at radius 3 is 1.89 bits per heavy atom. The van der Waals surface area contributed by atoms with Gasteiger partial charge in [-0.25, -0.2) is 0 Å². The first-order valence-corrected chi connectivity index (χ1v) is 19.2. The summed E-state index contributed by atoms with van der Waals surface area (Å²) in [6, 6.07) is 40.4. The van der Waals surface area contributed by atoms with Crippen LogP contribution in [0.2, 0.25) is 0 Å². The molecule has 2 N–H and O–H groups in total. The van der Waals surface area contributed by atoms with Crippen molar-refractivity contribution >= 4 is 38.0 Å². The van der Waals surface area contributed by atoms with Gasteiger partial charge in [-0.3, -0.25) is 9.00 Å². The van der Waals surface area contributed by atoms with Gasteiger partial charge in [-0.1, -0.05) is 42.2 Å². The molecule has 0 amide bonds. The molecule has 0 saturated carbocycles. The van der Waals surface area contributed by atoms with Crippen molar-refractivity contribution < 1.29 is 28.7 Å². The van der Waals surface area contributed by atoms with Gasteiger partial charge in [0.05, 0.1) is 35.7 Å². The number of aromatic hydroxyl groups is 2. The molecule has 0 bridgehead atoms. The molecule has 1 atom stereocenters. The number of phenolic OH excluding ortho intramolecular Hbond substituents is 2. The van der Waals surface area contributed by atoms with Gasteiger partial charge in [-0.2, -0.15) is 0 Å². The van der Waals surface area contributed by atoms with Gasteiger partial charge in [-0.05, 0) is 139 Å². The number of aryl methyl sites for hydroxylation is 2. The standard InChI is InChI=1S/C23H18O3S.C23H20O3S/c1-14-3-12-19-20(13-14)27-23(16-6-10-18(26-2)11-7-16)21(19)22(25)15-4-8-17(24)9-5-15;1-17-3-9-20(10-4-18-5-11-21(24)12-6-18)23(15-17)27(25)16-19-7-13-22(26-2)14-8-19/h3-13,24H,1-2H3;3,5-9,11-15,24H,16H2,1-2H3. The lowest BCUT2D eigenvalue weighted by Crippen LogP contribution is -2.01. The quantitative estimate of drug-likeness (QED) is 0.119. The molecule has 7 rings (SSSR count). The van der Waals surface area contributed by atoms with Gasteiger partial charge >= 0.3 is 0 Å². The van der Waals surface area contributed by atoms with E-state index in [9.17, 15) is 19.2 Å². The van der Waals surface area contributed by atoms with Gasteiger partial charge in [0.2, 0.25) is 0 Å². The first-order valence-electron chi connectivity index (χ1n) is 17.1. The maximum Gasteiger partial charge on any atom is 0.195 e. The normalized spacial score (nSPS) is 11.1. The second kappa shape index (κ2) is 17.1. The number of methoxy groups -OCH3 is 2. The lowest BCUT2D eigenvalue weighted by Gasteiger charge is -2.07. The lowest BCUT2D eigenvalue weighted by molar-refractivity contribution is 0.104. The monoisotopic (exact) mass is 750 g/mol. The zero-order chi connectivity index (χ0) is 38.2. The number of ether oxygens (including phenoxy) is 2. The molecule has 0 aliphatic heterocycles. The SMILES string of the molecule is COc1ccc(-c2sc3cc(C)ccc3c2C(=O)c2ccc(O)cc2)cc1.COc1ccc(CS(=O)c2cc(C)ccc2C#Cc2ccc(O)cc2)cc1. The molecule has 8 heteroatoms. The van der Waals surface area contributed by atoms with E-state index in [2.05, 4.69) is 17.9 Å². The van der Waals surface area contributed by atoms with E-state index in [1.807, 2.05) is 92.7 Å². The van der Waals surface area contributed by atoms with Crippen molar-refractivity contribution in [1.29, 1.82) is 0 Å². The molecule has 1 heterocycles. The minimum atomic E-state index is -1.21. The van der Waals surface area contributed by atoms with Crippen LogP contribution < -0.4 is 9.47 Å². The van der Waals surface area contributed by atoms with Crippen molar-refractivity contribution in [2.45, 2.75) is 24.5 Å². The summed E-state index contributed by atoms with van der Waals surface area (Å²) < 4.78 is 24.5. The number of hydrogen-bond donors (Lipinski definition) is 2. The van der Waals surface area contributed by atoms with Crippen molar-refractivity contribution in [3.8, 4) is 45.3 Å². The highest BCUT2D eigenvalue weighted by Crippen LogP contribution is 2.41. The highest BCUT2D eigenvalue weighted by atomic mass is 32.2. The van der Waals surface area contributed by atoms with Crippen LogP contribution in [0.4, 0.5) is 0 Å². The zero-order valence-corrected chi connectivity index (χ0v) is 31.9. The number of benzene rings is 6. The summed E-state index contributed by atoms with van der Waals surface area (Å²) in [7, 11) is 2.05. The first-order chi connectivity index (χ1) is 26.1. The van der Waals surface area contributed by atoms with Crippen LogP contribution >= 0.6 is 11.3 Å². The molecule has 7 aromatic rings. The summed E-state index contributed by atoms with van der Waals surface area (Å²) in [6.07, 6.45) is 0. The van der Waals surface area contributed by atoms with Crippen LogP contribution in [0.5, 0.6) is 23.0 Å². The Kier molecular flexibility index (Phi) is 11.9. The average molecular weight is 751 g/mol. The molecule has 6 nitrogen and oxygen atoms in total. The predicted octanol–water partition coefficient (Wildman–Crippen LogP) is 10.2. The van der Waals surface area contributed by atoms with E-state index in [4.69, 9.17) is 9.47 Å². The van der Waals surface area contributed by atoms with E-state index < -0.39 is 10.8 Å². The summed E-state index contributed by atoms with van der Waals surface area (Å²) in [6.45, 7) is 4.03. The molecule has 0 aliphatic carbocycles. The number of hydrogen-bond acceptors (Lipinski definition) is 7. The summed E-state index contributed by atoms with van der Waals surface area (Å²) in [5, 5.41) is 19.9. The minimum absolute atomic E-state index is 0.0454. The van der Waals surface area contributed by atoms with E-state index in [0.29, 0.717) is 16.9 Å². The molecule has 0 spiro atoms. The summed E-state index contributed by atoms with van der Waals surface area (Å²) in [4.78, 5) is 15.0. The van der Waals surface area contributed by atoms with Crippen molar-refractivity contribution in [1.82, 2.24) is 0 Å². The Hall–Kier alpha value is -6.14. The molecule has 0 fully saturated rings. The zero-order valence-electron chi connectivity index (χ0n) is 30.3. The summed E-state index contributed by atoms with van der Waals surface area (Å²) in [5.41, 5.74) is 6.97. The Morgan fingerprint density at radius 1 is 0.685 bits per heavy atom. The lowest BCUT2D eigenvalue weighted by atomic mass is 9.97.